The summed E-state index contributed by atoms with van der Waals surface area (Å²) in [4.78, 5) is 0.128. The molecule has 0 amide bonds. The Morgan fingerprint density at radius 2 is 1.88 bits per heavy atom. The molecule has 0 unspecified atom stereocenters. The molecule has 0 atom stereocenters. The number of benzene rings is 1. The summed E-state index contributed by atoms with van der Waals surface area (Å²) >= 11 is 0. The van der Waals surface area contributed by atoms with E-state index in [2.05, 4.69) is 19.6 Å². The maximum Gasteiger partial charge on any atom is 0.238 e. The highest BCUT2D eigenvalue weighted by molar-refractivity contribution is 7.89. The van der Waals surface area contributed by atoms with E-state index >= 15 is 0 Å². The van der Waals surface area contributed by atoms with Crippen LogP contribution in [0.15, 0.2) is 33.6 Å². The molecule has 0 fully saturated rings. The Morgan fingerprint density at radius 3 is 2.41 bits per heavy atom. The number of rotatable bonds is 2. The predicted molar refractivity (Wildman–Crippen MR) is 70.6 cm³/mol. The molecule has 92 valence electrons. The summed E-state index contributed by atoms with van der Waals surface area (Å²) in [5, 5.41) is 6.64. The van der Waals surface area contributed by atoms with Gasteiger partial charge in [0.05, 0.1) is 10.3 Å². The summed E-state index contributed by atoms with van der Waals surface area (Å²) in [6.45, 7) is 6.42. The molecule has 2 N–H and O–H groups in total. The molecule has 0 saturated carbocycles. The summed E-state index contributed by atoms with van der Waals surface area (Å²) in [6.07, 6.45) is 0. The van der Waals surface area contributed by atoms with Gasteiger partial charge in [-0.1, -0.05) is 25.7 Å². The second-order valence-electron chi connectivity index (χ2n) is 5.07. The normalized spacial score (nSPS) is 13.2. The Hall–Kier alpha value is -1.11. The number of hydrogen-bond donors (Lipinski definition) is 1. The minimum Gasteiger partial charge on any atom is -0.466 e. The molecule has 4 nitrogen and oxygen atoms in total. The Balaban J connectivity index is 2.79. The monoisotopic (exact) mass is 269 g/mol. The maximum atomic E-state index is 11.5. The van der Waals surface area contributed by atoms with Crippen LogP contribution in [0.3, 0.4) is 0 Å². The zero-order valence-corrected chi connectivity index (χ0v) is 11.8. The van der Waals surface area contributed by atoms with Crippen molar-refractivity contribution < 1.29 is 12.8 Å². The first-order valence-electron chi connectivity index (χ1n) is 5.25. The van der Waals surface area contributed by atoms with Crippen LogP contribution in [0.5, 0.6) is 0 Å². The van der Waals surface area contributed by atoms with Gasteiger partial charge in [-0.3, -0.25) is 0 Å². The second kappa shape index (κ2) is 3.69. The molecular formula is C11H15NO3SSi. The predicted octanol–water partition coefficient (Wildman–Crippen LogP) is 1.63. The van der Waals surface area contributed by atoms with Gasteiger partial charge in [0, 0.05) is 5.39 Å². The van der Waals surface area contributed by atoms with Crippen LogP contribution in [0.25, 0.3) is 11.0 Å². The van der Waals surface area contributed by atoms with E-state index in [-0.39, 0.29) is 4.90 Å². The molecule has 0 spiro atoms. The number of furan rings is 1. The molecule has 0 aliphatic heterocycles. The first-order valence-corrected chi connectivity index (χ1v) is 10.3. The van der Waals surface area contributed by atoms with Gasteiger partial charge in [0.2, 0.25) is 10.0 Å². The van der Waals surface area contributed by atoms with E-state index in [0.717, 1.165) is 5.38 Å². The van der Waals surface area contributed by atoms with Crippen LogP contribution in [0, 0.1) is 0 Å². The van der Waals surface area contributed by atoms with E-state index in [1.807, 2.05) is 0 Å². The summed E-state index contributed by atoms with van der Waals surface area (Å²) in [5.41, 5.74) is 0.578. The van der Waals surface area contributed by atoms with Gasteiger partial charge in [-0.25, -0.2) is 13.6 Å². The first-order chi connectivity index (χ1) is 7.69. The van der Waals surface area contributed by atoms with Gasteiger partial charge in [-0.05, 0) is 18.2 Å². The SMILES string of the molecule is C[Si](C)(C)c1cc2c(S(N)(=O)=O)cccc2o1. The Kier molecular flexibility index (Phi) is 2.68. The van der Waals surface area contributed by atoms with Crippen LogP contribution < -0.4 is 10.5 Å². The molecule has 6 heteroatoms. The molecule has 0 radical (unpaired) electrons. The van der Waals surface area contributed by atoms with Crippen LogP contribution in [0.4, 0.5) is 0 Å². The Morgan fingerprint density at radius 1 is 1.24 bits per heavy atom. The number of fused-ring (bicyclic) bond motifs is 1. The molecule has 2 aromatic rings. The van der Waals surface area contributed by atoms with Gasteiger partial charge < -0.3 is 4.42 Å². The molecule has 1 aromatic heterocycles. The fourth-order valence-corrected chi connectivity index (χ4v) is 3.38. The van der Waals surface area contributed by atoms with Gasteiger partial charge in [0.15, 0.2) is 0 Å². The van der Waals surface area contributed by atoms with E-state index in [1.165, 1.54) is 6.07 Å². The van der Waals surface area contributed by atoms with Crippen LogP contribution in [0.2, 0.25) is 19.6 Å². The zero-order chi connectivity index (χ0) is 12.8. The lowest BCUT2D eigenvalue weighted by atomic mass is 10.3. The molecule has 0 aliphatic carbocycles. The van der Waals surface area contributed by atoms with Gasteiger partial charge in [0.25, 0.3) is 0 Å². The van der Waals surface area contributed by atoms with Crippen molar-refractivity contribution in [3.63, 3.8) is 0 Å². The third kappa shape index (κ3) is 2.29. The molecule has 0 aliphatic rings. The highest BCUT2D eigenvalue weighted by atomic mass is 32.2. The van der Waals surface area contributed by atoms with Crippen molar-refractivity contribution in [1.29, 1.82) is 0 Å². The third-order valence-corrected chi connectivity index (χ3v) is 5.26. The Labute approximate surface area is 101 Å². The highest BCUT2D eigenvalue weighted by Gasteiger charge is 2.23. The summed E-state index contributed by atoms with van der Waals surface area (Å²) in [5.74, 6) is 0. The van der Waals surface area contributed by atoms with Gasteiger partial charge in [-0.2, -0.15) is 0 Å². The van der Waals surface area contributed by atoms with E-state index in [9.17, 15) is 8.42 Å². The van der Waals surface area contributed by atoms with E-state index in [4.69, 9.17) is 9.56 Å². The largest absolute Gasteiger partial charge is 0.466 e. The van der Waals surface area contributed by atoms with Crippen molar-refractivity contribution in [2.24, 2.45) is 5.14 Å². The minimum atomic E-state index is -3.71. The lowest BCUT2D eigenvalue weighted by Gasteiger charge is -2.10. The average Bonchev–Trinajstić information content (AvgIpc) is 2.57. The number of nitrogens with two attached hydrogens (primary N) is 1. The summed E-state index contributed by atoms with van der Waals surface area (Å²) in [6, 6.07) is 6.70. The van der Waals surface area contributed by atoms with Crippen molar-refractivity contribution in [2.45, 2.75) is 24.5 Å². The van der Waals surface area contributed by atoms with Gasteiger partial charge in [-0.15, -0.1) is 0 Å². The standard InChI is InChI=1S/C11H15NO3SSi/c1-17(2,3)11-7-8-9(15-11)5-4-6-10(8)16(12,13)14/h4-7H,1-3H3,(H2,12,13,14). The smallest absolute Gasteiger partial charge is 0.238 e. The van der Waals surface area contributed by atoms with Crippen LogP contribution in [-0.2, 0) is 10.0 Å². The van der Waals surface area contributed by atoms with Crippen LogP contribution >= 0.6 is 0 Å². The maximum absolute atomic E-state index is 11.5. The van der Waals surface area contributed by atoms with Crippen molar-refractivity contribution in [2.75, 3.05) is 0 Å². The molecule has 17 heavy (non-hydrogen) atoms. The van der Waals surface area contributed by atoms with E-state index in [1.54, 1.807) is 18.2 Å². The first kappa shape index (κ1) is 12.3. The number of sulfonamides is 1. The number of hydrogen-bond acceptors (Lipinski definition) is 3. The summed E-state index contributed by atoms with van der Waals surface area (Å²) in [7, 11) is -5.31. The molecular weight excluding hydrogens is 254 g/mol. The molecule has 1 aromatic carbocycles. The van der Waals surface area contributed by atoms with Crippen molar-refractivity contribution in [3.05, 3.63) is 24.3 Å². The molecule has 1 heterocycles. The Bertz CT molecular complexity index is 668. The second-order valence-corrected chi connectivity index (χ2v) is 11.6. The fourth-order valence-electron chi connectivity index (χ4n) is 1.65. The average molecular weight is 269 g/mol. The summed E-state index contributed by atoms with van der Waals surface area (Å²) < 4.78 is 28.6. The third-order valence-electron chi connectivity index (χ3n) is 2.57. The molecule has 0 bridgehead atoms. The highest BCUT2D eigenvalue weighted by Crippen LogP contribution is 2.23. The number of primary sulfonamides is 1. The van der Waals surface area contributed by atoms with Gasteiger partial charge in [0.1, 0.15) is 13.7 Å². The minimum absolute atomic E-state index is 0.128. The molecule has 2 rings (SSSR count). The lowest BCUT2D eigenvalue weighted by molar-refractivity contribution is 0.598. The van der Waals surface area contributed by atoms with Crippen molar-refractivity contribution in [1.82, 2.24) is 0 Å². The van der Waals surface area contributed by atoms with Crippen molar-refractivity contribution >= 4 is 34.4 Å². The quantitative estimate of drug-likeness (QED) is 0.842. The van der Waals surface area contributed by atoms with Gasteiger partial charge >= 0.3 is 0 Å². The van der Waals surface area contributed by atoms with Crippen molar-refractivity contribution in [3.8, 4) is 0 Å². The molecule has 0 saturated heterocycles. The van der Waals surface area contributed by atoms with Crippen LogP contribution in [0.1, 0.15) is 0 Å². The zero-order valence-electron chi connectivity index (χ0n) is 10.0. The van der Waals surface area contributed by atoms with E-state index in [0.29, 0.717) is 11.0 Å². The topological polar surface area (TPSA) is 73.3 Å². The van der Waals surface area contributed by atoms with E-state index < -0.39 is 18.1 Å². The lowest BCUT2D eigenvalue weighted by Crippen LogP contribution is -2.36. The van der Waals surface area contributed by atoms with Crippen LogP contribution in [-0.4, -0.2) is 16.5 Å². The fraction of sp³-hybridized carbons (Fsp3) is 0.273.